The molecule has 2 aromatic carbocycles. The van der Waals surface area contributed by atoms with Crippen molar-refractivity contribution in [1.82, 2.24) is 0 Å². The second-order valence-corrected chi connectivity index (χ2v) is 5.77. The number of ketones is 1. The van der Waals surface area contributed by atoms with E-state index in [9.17, 15) is 14.7 Å². The predicted octanol–water partition coefficient (Wildman–Crippen LogP) is 3.15. The van der Waals surface area contributed by atoms with Gasteiger partial charge in [0.05, 0.1) is 6.42 Å². The molecule has 0 aromatic heterocycles. The van der Waals surface area contributed by atoms with E-state index >= 15 is 0 Å². The molecule has 0 bridgehead atoms. The number of anilines is 1. The molecule has 1 aliphatic heterocycles. The van der Waals surface area contributed by atoms with E-state index in [1.807, 2.05) is 30.3 Å². The van der Waals surface area contributed by atoms with Gasteiger partial charge in [0, 0.05) is 16.3 Å². The Kier molecular flexibility index (Phi) is 4.03. The lowest BCUT2D eigenvalue weighted by atomic mass is 9.89. The maximum Gasteiger partial charge on any atom is 0.261 e. The van der Waals surface area contributed by atoms with Crippen LogP contribution in [0.4, 0.5) is 5.69 Å². The molecule has 23 heavy (non-hydrogen) atoms. The number of allylic oxidation sites excluding steroid dienone is 1. The lowest BCUT2D eigenvalue weighted by Gasteiger charge is -2.20. The average Bonchev–Trinajstić information content (AvgIpc) is 2.78. The Hall–Kier alpha value is -2.43. The topological polar surface area (TPSA) is 66.4 Å². The fourth-order valence-electron chi connectivity index (χ4n) is 2.62. The van der Waals surface area contributed by atoms with Gasteiger partial charge in [0.2, 0.25) is 0 Å². The van der Waals surface area contributed by atoms with Gasteiger partial charge in [-0.05, 0) is 23.8 Å². The van der Waals surface area contributed by atoms with Crippen molar-refractivity contribution in [3.8, 4) is 0 Å². The van der Waals surface area contributed by atoms with Crippen LogP contribution in [0.2, 0.25) is 5.02 Å². The minimum Gasteiger partial charge on any atom is -0.375 e. The molecular formula is C18H14ClNO3. The van der Waals surface area contributed by atoms with Gasteiger partial charge in [-0.2, -0.15) is 0 Å². The maximum atomic E-state index is 12.2. The Bertz CT molecular complexity index is 801. The van der Waals surface area contributed by atoms with E-state index in [1.54, 1.807) is 24.3 Å². The number of carbonyl (C=O) groups excluding carboxylic acids is 2. The Morgan fingerprint density at radius 3 is 2.65 bits per heavy atom. The largest absolute Gasteiger partial charge is 0.375 e. The second-order valence-electron chi connectivity index (χ2n) is 5.36. The van der Waals surface area contributed by atoms with Crippen LogP contribution in [0.5, 0.6) is 0 Å². The van der Waals surface area contributed by atoms with Crippen LogP contribution >= 0.6 is 11.6 Å². The zero-order chi connectivity index (χ0) is 16.4. The number of carbonyl (C=O) groups is 2. The molecule has 4 nitrogen and oxygen atoms in total. The van der Waals surface area contributed by atoms with E-state index in [1.165, 1.54) is 6.08 Å². The van der Waals surface area contributed by atoms with Crippen LogP contribution in [-0.2, 0) is 15.2 Å². The number of hydrogen-bond acceptors (Lipinski definition) is 3. The van der Waals surface area contributed by atoms with E-state index in [-0.39, 0.29) is 22.8 Å². The quantitative estimate of drug-likeness (QED) is 0.848. The minimum atomic E-state index is -1.94. The Morgan fingerprint density at radius 2 is 1.91 bits per heavy atom. The van der Waals surface area contributed by atoms with Crippen molar-refractivity contribution in [2.45, 2.75) is 12.0 Å². The molecule has 2 N–H and O–H groups in total. The Labute approximate surface area is 138 Å². The first-order chi connectivity index (χ1) is 11.0. The molecule has 116 valence electrons. The molecule has 1 unspecified atom stereocenters. The van der Waals surface area contributed by atoms with Gasteiger partial charge in [-0.1, -0.05) is 54.1 Å². The van der Waals surface area contributed by atoms with Gasteiger partial charge in [-0.15, -0.1) is 0 Å². The molecule has 1 heterocycles. The molecule has 0 spiro atoms. The third-order valence-electron chi connectivity index (χ3n) is 3.74. The lowest BCUT2D eigenvalue weighted by molar-refractivity contribution is -0.138. The molecule has 1 aliphatic rings. The van der Waals surface area contributed by atoms with Crippen LogP contribution in [0.3, 0.4) is 0 Å². The molecule has 0 saturated heterocycles. The SMILES string of the molecule is O=C(/C=C/c1ccccc1)CC1(O)C(=O)Nc2cccc(Cl)c21. The van der Waals surface area contributed by atoms with Crippen molar-refractivity contribution >= 4 is 35.1 Å². The van der Waals surface area contributed by atoms with E-state index in [2.05, 4.69) is 5.32 Å². The number of amides is 1. The van der Waals surface area contributed by atoms with Crippen molar-refractivity contribution < 1.29 is 14.7 Å². The van der Waals surface area contributed by atoms with Gasteiger partial charge in [-0.25, -0.2) is 0 Å². The normalized spacial score (nSPS) is 19.7. The summed E-state index contributed by atoms with van der Waals surface area (Å²) in [5.74, 6) is -0.999. The summed E-state index contributed by atoms with van der Waals surface area (Å²) in [6, 6.07) is 14.2. The predicted molar refractivity (Wildman–Crippen MR) is 89.1 cm³/mol. The molecular weight excluding hydrogens is 314 g/mol. The van der Waals surface area contributed by atoms with E-state index < -0.39 is 11.5 Å². The van der Waals surface area contributed by atoms with Crippen LogP contribution in [-0.4, -0.2) is 16.8 Å². The average molecular weight is 328 g/mol. The second kappa shape index (κ2) is 5.99. The molecule has 0 fully saturated rings. The molecule has 0 radical (unpaired) electrons. The third-order valence-corrected chi connectivity index (χ3v) is 4.06. The van der Waals surface area contributed by atoms with Gasteiger partial charge < -0.3 is 10.4 Å². The number of fused-ring (bicyclic) bond motifs is 1. The summed E-state index contributed by atoms with van der Waals surface area (Å²) in [5, 5.41) is 13.5. The van der Waals surface area contributed by atoms with Crippen LogP contribution in [0.1, 0.15) is 17.5 Å². The standard InChI is InChI=1S/C18H14ClNO3/c19-14-7-4-8-15-16(14)18(23,17(22)20-15)11-13(21)10-9-12-5-2-1-3-6-12/h1-10,23H,11H2,(H,20,22)/b10-9+. The number of halogens is 1. The first-order valence-electron chi connectivity index (χ1n) is 7.09. The third kappa shape index (κ3) is 2.91. The number of nitrogens with one attached hydrogen (secondary N) is 1. The highest BCUT2D eigenvalue weighted by molar-refractivity contribution is 6.33. The van der Waals surface area contributed by atoms with Gasteiger partial charge in [-0.3, -0.25) is 9.59 Å². The molecule has 2 aromatic rings. The van der Waals surface area contributed by atoms with Crippen molar-refractivity contribution in [3.63, 3.8) is 0 Å². The van der Waals surface area contributed by atoms with Crippen LogP contribution in [0.15, 0.2) is 54.6 Å². The summed E-state index contributed by atoms with van der Waals surface area (Å²) in [6.07, 6.45) is 2.64. The lowest BCUT2D eigenvalue weighted by Crippen LogP contribution is -2.36. The Balaban J connectivity index is 1.84. The van der Waals surface area contributed by atoms with Crippen LogP contribution < -0.4 is 5.32 Å². The summed E-state index contributed by atoms with van der Waals surface area (Å²) >= 11 is 6.09. The van der Waals surface area contributed by atoms with Gasteiger partial charge in [0.25, 0.3) is 5.91 Å². The smallest absolute Gasteiger partial charge is 0.261 e. The zero-order valence-corrected chi connectivity index (χ0v) is 12.9. The summed E-state index contributed by atoms with van der Waals surface area (Å²) in [6.45, 7) is 0. The molecule has 1 atom stereocenters. The van der Waals surface area contributed by atoms with Gasteiger partial charge >= 0.3 is 0 Å². The van der Waals surface area contributed by atoms with E-state index in [0.29, 0.717) is 5.69 Å². The molecule has 3 rings (SSSR count). The molecule has 5 heteroatoms. The van der Waals surface area contributed by atoms with Crippen molar-refractivity contribution in [1.29, 1.82) is 0 Å². The molecule has 0 saturated carbocycles. The van der Waals surface area contributed by atoms with Crippen LogP contribution in [0, 0.1) is 0 Å². The molecule has 0 aliphatic carbocycles. The van der Waals surface area contributed by atoms with E-state index in [0.717, 1.165) is 5.56 Å². The monoisotopic (exact) mass is 327 g/mol. The maximum absolute atomic E-state index is 12.2. The summed E-state index contributed by atoms with van der Waals surface area (Å²) in [5.41, 5.74) is -0.383. The highest BCUT2D eigenvalue weighted by atomic mass is 35.5. The van der Waals surface area contributed by atoms with Gasteiger partial charge in [0.1, 0.15) is 0 Å². The van der Waals surface area contributed by atoms with E-state index in [4.69, 9.17) is 11.6 Å². The molecule has 1 amide bonds. The number of rotatable bonds is 4. The first-order valence-corrected chi connectivity index (χ1v) is 7.47. The first kappa shape index (κ1) is 15.5. The highest BCUT2D eigenvalue weighted by Crippen LogP contribution is 2.42. The fraction of sp³-hybridized carbons (Fsp3) is 0.111. The van der Waals surface area contributed by atoms with Crippen molar-refractivity contribution in [3.05, 3.63) is 70.8 Å². The van der Waals surface area contributed by atoms with Crippen molar-refractivity contribution in [2.24, 2.45) is 0 Å². The van der Waals surface area contributed by atoms with Crippen molar-refractivity contribution in [2.75, 3.05) is 5.32 Å². The summed E-state index contributed by atoms with van der Waals surface area (Å²) in [4.78, 5) is 24.3. The fourth-order valence-corrected chi connectivity index (χ4v) is 2.95. The number of hydrogen-bond donors (Lipinski definition) is 2. The highest BCUT2D eigenvalue weighted by Gasteiger charge is 2.47. The zero-order valence-electron chi connectivity index (χ0n) is 12.1. The Morgan fingerprint density at radius 1 is 1.17 bits per heavy atom. The summed E-state index contributed by atoms with van der Waals surface area (Å²) < 4.78 is 0. The number of aliphatic hydroxyl groups is 1. The number of benzene rings is 2. The minimum absolute atomic E-state index is 0.253. The summed E-state index contributed by atoms with van der Waals surface area (Å²) in [7, 11) is 0. The van der Waals surface area contributed by atoms with Crippen LogP contribution in [0.25, 0.3) is 6.08 Å². The van der Waals surface area contributed by atoms with Gasteiger partial charge in [0.15, 0.2) is 11.4 Å².